The largest absolute Gasteiger partial charge is 0.462 e. The normalized spacial score (nSPS) is 16.3. The van der Waals surface area contributed by atoms with Gasteiger partial charge in [0.15, 0.2) is 0 Å². The minimum atomic E-state index is -0.341. The summed E-state index contributed by atoms with van der Waals surface area (Å²) in [4.78, 5) is 60.4. The van der Waals surface area contributed by atoms with Crippen molar-refractivity contribution in [2.24, 2.45) is 11.8 Å². The van der Waals surface area contributed by atoms with E-state index in [0.717, 1.165) is 143 Å². The number of ether oxygens (including phenoxy) is 3. The number of hydrogen-bond donors (Lipinski definition) is 2. The molecule has 0 amide bonds. The van der Waals surface area contributed by atoms with Crippen LogP contribution in [0.4, 0.5) is 17.1 Å². The van der Waals surface area contributed by atoms with Crippen LogP contribution in [0.25, 0.3) is 32.7 Å². The fourth-order valence-electron chi connectivity index (χ4n) is 11.4. The molecule has 0 radical (unpaired) electrons. The molecule has 408 valence electrons. The predicted octanol–water partition coefficient (Wildman–Crippen LogP) is 10.0. The van der Waals surface area contributed by atoms with E-state index in [-0.39, 0.29) is 30.6 Å². The van der Waals surface area contributed by atoms with Crippen molar-refractivity contribution >= 4 is 67.7 Å². The van der Waals surface area contributed by atoms with Crippen molar-refractivity contribution in [2.45, 2.75) is 107 Å². The number of piperidine rings is 3. The number of carbonyl (C=O) groups excluding carboxylic acids is 3. The first-order valence-electron chi connectivity index (χ1n) is 27.4. The molecule has 0 saturated carbocycles. The summed E-state index contributed by atoms with van der Waals surface area (Å²) in [7, 11) is 4.25. The fraction of sp³-hybridized carbons (Fsp3) is 0.508. The van der Waals surface area contributed by atoms with E-state index in [0.29, 0.717) is 61.2 Å². The first kappa shape index (κ1) is 57.3. The number of aryl methyl sites for hydroxylation is 6. The minimum Gasteiger partial charge on any atom is -0.462 e. The van der Waals surface area contributed by atoms with Crippen LogP contribution in [0.5, 0.6) is 0 Å². The number of rotatable bonds is 12. The SMILES string of the molecule is CCOC(=O)c1cnc2c(C)cc(C)cc2c1N1CCC(CO)CC1.CCOC(=O)c1cnc2c(C)cc(C)cc2c1N1CCC(O)CC1.CCOC(=O)c1cnc2c(C)cc(C)cc2c1N1CCCC(CN(C)C)C1. The van der Waals surface area contributed by atoms with Crippen LogP contribution in [-0.4, -0.2) is 140 Å². The fourth-order valence-corrected chi connectivity index (χ4v) is 11.4. The molecule has 3 aliphatic heterocycles. The van der Waals surface area contributed by atoms with Gasteiger partial charge in [-0.25, -0.2) is 14.4 Å². The molecule has 76 heavy (non-hydrogen) atoms. The Hall–Kier alpha value is -6.42. The summed E-state index contributed by atoms with van der Waals surface area (Å²) < 4.78 is 15.8. The molecule has 1 unspecified atom stereocenters. The summed E-state index contributed by atoms with van der Waals surface area (Å²) in [5.41, 5.74) is 14.1. The van der Waals surface area contributed by atoms with Gasteiger partial charge >= 0.3 is 17.9 Å². The Morgan fingerprint density at radius 1 is 0.539 bits per heavy atom. The third-order valence-electron chi connectivity index (χ3n) is 14.7. The van der Waals surface area contributed by atoms with Gasteiger partial charge in [-0.1, -0.05) is 34.9 Å². The van der Waals surface area contributed by atoms with Gasteiger partial charge in [0.1, 0.15) is 16.7 Å². The Kier molecular flexibility index (Phi) is 19.7. The van der Waals surface area contributed by atoms with Gasteiger partial charge in [0.2, 0.25) is 0 Å². The highest BCUT2D eigenvalue weighted by Crippen LogP contribution is 2.38. The summed E-state index contributed by atoms with van der Waals surface area (Å²) in [5, 5.41) is 22.3. The van der Waals surface area contributed by atoms with E-state index in [9.17, 15) is 24.6 Å². The van der Waals surface area contributed by atoms with E-state index < -0.39 is 0 Å². The second-order valence-corrected chi connectivity index (χ2v) is 21.2. The van der Waals surface area contributed by atoms with Crippen molar-refractivity contribution in [3.8, 4) is 0 Å². The molecule has 1 atom stereocenters. The molecule has 9 rings (SSSR count). The Balaban J connectivity index is 0.000000166. The average molecular weight is 1040 g/mol. The lowest BCUT2D eigenvalue weighted by atomic mass is 9.95. The Morgan fingerprint density at radius 3 is 1.26 bits per heavy atom. The summed E-state index contributed by atoms with van der Waals surface area (Å²) >= 11 is 0. The van der Waals surface area contributed by atoms with Crippen LogP contribution in [0.2, 0.25) is 0 Å². The Bertz CT molecular complexity index is 3020. The number of hydrogen-bond acceptors (Lipinski definition) is 15. The highest BCUT2D eigenvalue weighted by molar-refractivity contribution is 6.08. The van der Waals surface area contributed by atoms with E-state index in [4.69, 9.17) is 14.2 Å². The molecule has 3 saturated heterocycles. The van der Waals surface area contributed by atoms with Crippen LogP contribution in [0.1, 0.15) is 124 Å². The van der Waals surface area contributed by atoms with Gasteiger partial charge < -0.3 is 44.0 Å². The predicted molar refractivity (Wildman–Crippen MR) is 304 cm³/mol. The smallest absolute Gasteiger partial charge is 0.341 e. The molecule has 3 fully saturated rings. The van der Waals surface area contributed by atoms with Gasteiger partial charge in [0.25, 0.3) is 0 Å². The van der Waals surface area contributed by atoms with Crippen LogP contribution in [0.3, 0.4) is 0 Å². The topological polar surface area (TPSA) is 171 Å². The number of pyridine rings is 3. The van der Waals surface area contributed by atoms with Crippen LogP contribution in [0, 0.1) is 53.4 Å². The second-order valence-electron chi connectivity index (χ2n) is 21.2. The van der Waals surface area contributed by atoms with Gasteiger partial charge in [-0.2, -0.15) is 0 Å². The molecule has 0 spiro atoms. The summed E-state index contributed by atoms with van der Waals surface area (Å²) in [6.07, 6.45) is 10.3. The molecule has 3 aromatic heterocycles. The summed E-state index contributed by atoms with van der Waals surface area (Å²) in [5.74, 6) is -0.00454. The molecular weight excluding hydrogens is 959 g/mol. The second kappa shape index (κ2) is 26.1. The highest BCUT2D eigenvalue weighted by atomic mass is 16.5. The first-order valence-corrected chi connectivity index (χ1v) is 27.4. The maximum absolute atomic E-state index is 12.7. The van der Waals surface area contributed by atoms with Crippen LogP contribution in [0.15, 0.2) is 55.0 Å². The first-order chi connectivity index (χ1) is 36.5. The van der Waals surface area contributed by atoms with Gasteiger partial charge in [-0.15, -0.1) is 0 Å². The summed E-state index contributed by atoms with van der Waals surface area (Å²) in [6.45, 7) is 25.2. The molecule has 15 nitrogen and oxygen atoms in total. The number of anilines is 3. The van der Waals surface area contributed by atoms with Gasteiger partial charge in [0, 0.05) is 87.2 Å². The number of fused-ring (bicyclic) bond motifs is 3. The molecule has 2 N–H and O–H groups in total. The van der Waals surface area contributed by atoms with E-state index >= 15 is 0 Å². The van der Waals surface area contributed by atoms with Crippen LogP contribution >= 0.6 is 0 Å². The van der Waals surface area contributed by atoms with Crippen molar-refractivity contribution in [1.82, 2.24) is 19.9 Å². The monoisotopic (exact) mass is 1040 g/mol. The molecule has 6 aromatic rings. The number of nitrogens with zero attached hydrogens (tertiary/aromatic N) is 7. The lowest BCUT2D eigenvalue weighted by Crippen LogP contribution is -2.40. The highest BCUT2D eigenvalue weighted by Gasteiger charge is 2.30. The van der Waals surface area contributed by atoms with Crippen LogP contribution < -0.4 is 14.7 Å². The van der Waals surface area contributed by atoms with Crippen LogP contribution in [-0.2, 0) is 14.2 Å². The van der Waals surface area contributed by atoms with Crippen molar-refractivity contribution in [3.05, 3.63) is 105 Å². The lowest BCUT2D eigenvalue weighted by Gasteiger charge is -2.37. The quantitative estimate of drug-likeness (QED) is 0.0876. The molecule has 0 aliphatic carbocycles. The van der Waals surface area contributed by atoms with E-state index in [2.05, 4.69) is 106 Å². The number of benzene rings is 3. The van der Waals surface area contributed by atoms with Crippen molar-refractivity contribution in [3.63, 3.8) is 0 Å². The third kappa shape index (κ3) is 13.4. The molecule has 3 aromatic carbocycles. The molecule has 0 bridgehead atoms. The molecule has 15 heteroatoms. The zero-order valence-corrected chi connectivity index (χ0v) is 46.9. The Labute approximate surface area is 449 Å². The minimum absolute atomic E-state index is 0.230. The van der Waals surface area contributed by atoms with Gasteiger partial charge in [-0.3, -0.25) is 15.0 Å². The number of esters is 3. The maximum atomic E-state index is 12.7. The number of aromatic nitrogens is 3. The molecule has 3 aliphatic rings. The zero-order valence-electron chi connectivity index (χ0n) is 46.9. The van der Waals surface area contributed by atoms with Crippen molar-refractivity contribution in [2.75, 3.05) is 101 Å². The summed E-state index contributed by atoms with van der Waals surface area (Å²) in [6, 6.07) is 12.7. The van der Waals surface area contributed by atoms with Crippen molar-refractivity contribution in [1.29, 1.82) is 0 Å². The average Bonchev–Trinajstić information content (AvgIpc) is 3.41. The number of aliphatic hydroxyl groups excluding tert-OH is 2. The lowest BCUT2D eigenvalue weighted by molar-refractivity contribution is 0.0517. The van der Waals surface area contributed by atoms with E-state index in [1.807, 2.05) is 34.6 Å². The van der Waals surface area contributed by atoms with E-state index in [1.54, 1.807) is 25.5 Å². The van der Waals surface area contributed by atoms with Gasteiger partial charge in [0.05, 0.1) is 59.5 Å². The Morgan fingerprint density at radius 2 is 0.908 bits per heavy atom. The number of carbonyl (C=O) groups is 3. The number of aliphatic hydroxyl groups is 2. The third-order valence-corrected chi connectivity index (χ3v) is 14.7. The van der Waals surface area contributed by atoms with Gasteiger partial charge in [-0.05, 0) is 162 Å². The van der Waals surface area contributed by atoms with E-state index in [1.165, 1.54) is 12.0 Å². The standard InChI is InChI=1S/C22H31N3O2.C20H26N2O3.C19H24N2O3/c1-6-27-22(26)19-12-23-20-16(3)10-15(2)11-18(20)21(19)25-9-7-8-17(14-25)13-24(4)5;1-4-25-20(24)17-11-21-18-14(3)9-13(2)10-16(18)19(17)22-7-5-15(12-23)6-8-22;1-4-24-19(23)16-11-20-17-13(3)9-12(2)10-15(17)18(16)21-7-5-14(22)6-8-21/h10-12,17H,6-9,13-14H2,1-5H3;9-11,15,23H,4-8,12H2,1-3H3;9-11,14,22H,4-8H2,1-3H3. The zero-order chi connectivity index (χ0) is 54.8. The molecular formula is C61H81N7O8. The molecule has 6 heterocycles. The maximum Gasteiger partial charge on any atom is 0.341 e. The van der Waals surface area contributed by atoms with Crippen molar-refractivity contribution < 1.29 is 38.8 Å².